The van der Waals surface area contributed by atoms with Gasteiger partial charge in [-0.1, -0.05) is 23.9 Å². The molecule has 2 rings (SSSR count). The lowest BCUT2D eigenvalue weighted by Crippen LogP contribution is -2.11. The van der Waals surface area contributed by atoms with Crippen LogP contribution in [0.15, 0.2) is 42.7 Å². The molecule has 2 nitrogen and oxygen atoms in total. The van der Waals surface area contributed by atoms with Crippen LogP contribution in [-0.4, -0.2) is 19.3 Å². The number of rotatable bonds is 2. The van der Waals surface area contributed by atoms with E-state index < -0.39 is 0 Å². The average molecular weight is 188 g/mol. The van der Waals surface area contributed by atoms with Gasteiger partial charge in [-0.2, -0.15) is 5.10 Å². The van der Waals surface area contributed by atoms with Gasteiger partial charge in [0.25, 0.3) is 0 Å². The molecule has 0 radical (unpaired) electrons. The van der Waals surface area contributed by atoms with Crippen LogP contribution in [0.1, 0.15) is 0 Å². The summed E-state index contributed by atoms with van der Waals surface area (Å²) in [6, 6.07) is 10.5. The molecule has 1 heterocycles. The summed E-state index contributed by atoms with van der Waals surface area (Å²) in [5.74, 6) is 0. The molecular weight excluding hydrogens is 176 g/mol. The Balaban J connectivity index is 2.41. The van der Waals surface area contributed by atoms with Gasteiger partial charge in [0.2, 0.25) is 0 Å². The maximum atomic E-state index is 4.19. The minimum absolute atomic E-state index is 0.0596. The molecule has 0 unspecified atom stereocenters. The monoisotopic (exact) mass is 188 g/mol. The van der Waals surface area contributed by atoms with Gasteiger partial charge in [0.15, 0.2) is 0 Å². The second-order valence-corrected chi connectivity index (χ2v) is 4.50. The molecule has 0 amide bonds. The van der Waals surface area contributed by atoms with Crippen molar-refractivity contribution in [1.82, 2.24) is 9.78 Å². The van der Waals surface area contributed by atoms with Gasteiger partial charge in [0, 0.05) is 12.4 Å². The molecule has 0 saturated carbocycles. The summed E-state index contributed by atoms with van der Waals surface area (Å²) in [4.78, 5) is 0. The van der Waals surface area contributed by atoms with Gasteiger partial charge in [-0.05, 0) is 18.2 Å². The van der Waals surface area contributed by atoms with Crippen molar-refractivity contribution < 1.29 is 0 Å². The summed E-state index contributed by atoms with van der Waals surface area (Å²) in [6.45, 7) is 2.29. The Bertz CT molecular complexity index is 382. The number of benzene rings is 1. The second-order valence-electron chi connectivity index (χ2n) is 2.97. The minimum atomic E-state index is -0.0596. The molecule has 1 aromatic carbocycles. The van der Waals surface area contributed by atoms with Crippen molar-refractivity contribution >= 4 is 14.7 Å². The van der Waals surface area contributed by atoms with Crippen LogP contribution in [-0.2, 0) is 0 Å². The highest BCUT2D eigenvalue weighted by Crippen LogP contribution is 2.02. The van der Waals surface area contributed by atoms with Gasteiger partial charge in [0.1, 0.15) is 0 Å². The van der Waals surface area contributed by atoms with Crippen LogP contribution >= 0.6 is 0 Å². The molecule has 66 valence electrons. The average Bonchev–Trinajstić information content (AvgIpc) is 2.71. The van der Waals surface area contributed by atoms with Crippen molar-refractivity contribution in [1.29, 1.82) is 0 Å². The van der Waals surface area contributed by atoms with Crippen LogP contribution in [0.3, 0.4) is 0 Å². The molecular formula is C10H12N2Si. The molecule has 13 heavy (non-hydrogen) atoms. The molecule has 0 N–H and O–H groups in total. The molecule has 0 fully saturated rings. The molecule has 1 aromatic heterocycles. The first-order valence-electron chi connectivity index (χ1n) is 4.49. The smallest absolute Gasteiger partial charge is 0.0644 e. The quantitative estimate of drug-likeness (QED) is 0.635. The molecule has 0 aliphatic heterocycles. The molecule has 0 atom stereocenters. The first-order valence-corrected chi connectivity index (χ1v) is 6.61. The molecule has 0 aliphatic carbocycles. The van der Waals surface area contributed by atoms with E-state index >= 15 is 0 Å². The summed E-state index contributed by atoms with van der Waals surface area (Å²) in [7, 11) is -0.0596. The summed E-state index contributed by atoms with van der Waals surface area (Å²) in [5, 5.41) is 5.67. The highest BCUT2D eigenvalue weighted by Gasteiger charge is 1.95. The predicted molar refractivity (Wildman–Crippen MR) is 57.6 cm³/mol. The predicted octanol–water partition coefficient (Wildman–Crippen LogP) is 0.714. The van der Waals surface area contributed by atoms with Crippen molar-refractivity contribution in [3.63, 3.8) is 0 Å². The number of hydrogen-bond donors (Lipinski definition) is 0. The Morgan fingerprint density at radius 1 is 1.31 bits per heavy atom. The highest BCUT2D eigenvalue weighted by atomic mass is 28.2. The molecule has 2 aromatic rings. The lowest BCUT2D eigenvalue weighted by Gasteiger charge is -2.02. The van der Waals surface area contributed by atoms with E-state index in [4.69, 9.17) is 0 Å². The molecule has 0 spiro atoms. The van der Waals surface area contributed by atoms with Crippen molar-refractivity contribution in [2.24, 2.45) is 0 Å². The Morgan fingerprint density at radius 3 is 2.92 bits per heavy atom. The van der Waals surface area contributed by atoms with E-state index in [1.165, 1.54) is 5.19 Å². The van der Waals surface area contributed by atoms with Gasteiger partial charge < -0.3 is 0 Å². The number of nitrogens with zero attached hydrogens (tertiary/aromatic N) is 2. The van der Waals surface area contributed by atoms with E-state index in [2.05, 4.69) is 35.9 Å². The van der Waals surface area contributed by atoms with E-state index in [1.54, 1.807) is 6.20 Å². The third kappa shape index (κ3) is 1.70. The zero-order chi connectivity index (χ0) is 9.10. The Morgan fingerprint density at radius 2 is 2.23 bits per heavy atom. The molecule has 3 heteroatoms. The fourth-order valence-corrected chi connectivity index (χ4v) is 2.13. The van der Waals surface area contributed by atoms with Crippen molar-refractivity contribution in [3.05, 3.63) is 42.7 Å². The first kappa shape index (κ1) is 8.25. The van der Waals surface area contributed by atoms with Crippen LogP contribution in [0.4, 0.5) is 0 Å². The van der Waals surface area contributed by atoms with Gasteiger partial charge >= 0.3 is 0 Å². The number of aromatic nitrogens is 2. The molecule has 0 saturated heterocycles. The maximum absolute atomic E-state index is 4.19. The van der Waals surface area contributed by atoms with Gasteiger partial charge in [-0.15, -0.1) is 0 Å². The Labute approximate surface area is 80.0 Å². The van der Waals surface area contributed by atoms with Gasteiger partial charge in [-0.3, -0.25) is 0 Å². The van der Waals surface area contributed by atoms with Crippen molar-refractivity contribution in [2.45, 2.75) is 6.55 Å². The van der Waals surface area contributed by atoms with E-state index in [0.717, 1.165) is 5.69 Å². The third-order valence-electron chi connectivity index (χ3n) is 2.09. The normalized spacial score (nSPS) is 11.2. The van der Waals surface area contributed by atoms with E-state index in [-0.39, 0.29) is 9.52 Å². The Kier molecular flexibility index (Phi) is 2.27. The Hall–Kier alpha value is -1.35. The topological polar surface area (TPSA) is 17.8 Å². The lowest BCUT2D eigenvalue weighted by atomic mass is 10.3. The summed E-state index contributed by atoms with van der Waals surface area (Å²) >= 11 is 0. The highest BCUT2D eigenvalue weighted by molar-refractivity contribution is 6.51. The van der Waals surface area contributed by atoms with Crippen LogP contribution in [0, 0.1) is 0 Å². The fourth-order valence-electron chi connectivity index (χ4n) is 1.34. The summed E-state index contributed by atoms with van der Waals surface area (Å²) in [5.41, 5.74) is 1.16. The number of hydrogen-bond acceptors (Lipinski definition) is 1. The van der Waals surface area contributed by atoms with Crippen LogP contribution in [0.25, 0.3) is 5.69 Å². The van der Waals surface area contributed by atoms with Crippen LogP contribution in [0.2, 0.25) is 6.55 Å². The third-order valence-corrected chi connectivity index (χ3v) is 3.34. The van der Waals surface area contributed by atoms with Gasteiger partial charge in [0.05, 0.1) is 15.2 Å². The zero-order valence-electron chi connectivity index (χ0n) is 7.64. The van der Waals surface area contributed by atoms with Crippen molar-refractivity contribution in [3.8, 4) is 5.69 Å². The lowest BCUT2D eigenvalue weighted by molar-refractivity contribution is 0.881. The van der Waals surface area contributed by atoms with Crippen LogP contribution in [0.5, 0.6) is 0 Å². The molecule has 0 bridgehead atoms. The summed E-state index contributed by atoms with van der Waals surface area (Å²) in [6.07, 6.45) is 3.77. The van der Waals surface area contributed by atoms with Gasteiger partial charge in [-0.25, -0.2) is 4.68 Å². The van der Waals surface area contributed by atoms with E-state index in [9.17, 15) is 0 Å². The molecule has 0 aliphatic rings. The van der Waals surface area contributed by atoms with E-state index in [0.29, 0.717) is 0 Å². The maximum Gasteiger partial charge on any atom is 0.0644 e. The largest absolute Gasteiger partial charge is 0.241 e. The summed E-state index contributed by atoms with van der Waals surface area (Å²) < 4.78 is 1.90. The zero-order valence-corrected chi connectivity index (χ0v) is 9.06. The van der Waals surface area contributed by atoms with Crippen LogP contribution < -0.4 is 5.19 Å². The SMILES string of the molecule is C[SiH2]c1cccc(-n2cccn2)c1. The first-order chi connectivity index (χ1) is 6.40. The standard InChI is InChI=1S/C10H12N2Si/c1-13-10-5-2-4-9(8-10)12-7-3-6-11-12/h2-8H,13H2,1H3. The fraction of sp³-hybridized carbons (Fsp3) is 0.100. The van der Waals surface area contributed by atoms with E-state index in [1.807, 2.05) is 16.9 Å². The second kappa shape index (κ2) is 3.58. The van der Waals surface area contributed by atoms with Crippen molar-refractivity contribution in [2.75, 3.05) is 0 Å². The minimum Gasteiger partial charge on any atom is -0.241 e.